The molecule has 2 saturated carbocycles. The lowest BCUT2D eigenvalue weighted by Crippen LogP contribution is -2.58. The van der Waals surface area contributed by atoms with E-state index in [0.717, 1.165) is 0 Å². The van der Waals surface area contributed by atoms with E-state index in [1.165, 1.54) is 12.8 Å². The van der Waals surface area contributed by atoms with Crippen molar-refractivity contribution in [1.82, 2.24) is 0 Å². The summed E-state index contributed by atoms with van der Waals surface area (Å²) in [6.07, 6.45) is 3.79. The van der Waals surface area contributed by atoms with E-state index >= 15 is 0 Å². The summed E-state index contributed by atoms with van der Waals surface area (Å²) in [5.74, 6) is -0.829. The van der Waals surface area contributed by atoms with Gasteiger partial charge in [0.1, 0.15) is 5.54 Å². The summed E-state index contributed by atoms with van der Waals surface area (Å²) >= 11 is 0. The van der Waals surface area contributed by atoms with Crippen molar-refractivity contribution in [3.05, 3.63) is 0 Å². The second kappa shape index (κ2) is 2.11. The molecule has 2 aliphatic carbocycles. The Labute approximate surface area is 71.4 Å². The van der Waals surface area contributed by atoms with Crippen LogP contribution < -0.4 is 5.73 Å². The zero-order valence-corrected chi connectivity index (χ0v) is 6.99. The fourth-order valence-corrected chi connectivity index (χ4v) is 1.97. The molecular formula is C7H12ClNO2. The van der Waals surface area contributed by atoms with E-state index in [4.69, 9.17) is 10.8 Å². The van der Waals surface area contributed by atoms with E-state index in [2.05, 4.69) is 0 Å². The summed E-state index contributed by atoms with van der Waals surface area (Å²) in [5, 5.41) is 8.63. The number of carbonyl (C=O) groups is 1. The Bertz CT molecular complexity index is 193. The van der Waals surface area contributed by atoms with Crippen LogP contribution in [0.4, 0.5) is 0 Å². The van der Waals surface area contributed by atoms with Gasteiger partial charge < -0.3 is 10.8 Å². The normalized spacial score (nSPS) is 28.5. The topological polar surface area (TPSA) is 63.3 Å². The molecule has 3 nitrogen and oxygen atoms in total. The Morgan fingerprint density at radius 1 is 1.36 bits per heavy atom. The predicted octanol–water partition coefficient (Wildman–Crippen LogP) is 0.764. The number of rotatable bonds is 1. The minimum absolute atomic E-state index is 0. The molecule has 0 saturated heterocycles. The third kappa shape index (κ3) is 1.12. The summed E-state index contributed by atoms with van der Waals surface area (Å²) in [7, 11) is 0. The van der Waals surface area contributed by atoms with E-state index in [-0.39, 0.29) is 12.4 Å². The first-order valence-corrected chi connectivity index (χ1v) is 3.59. The van der Waals surface area contributed by atoms with E-state index in [1.807, 2.05) is 0 Å². The number of halogens is 1. The van der Waals surface area contributed by atoms with Crippen LogP contribution in [0.2, 0.25) is 0 Å². The first kappa shape index (κ1) is 8.81. The monoisotopic (exact) mass is 177 g/mol. The quantitative estimate of drug-likeness (QED) is 0.622. The van der Waals surface area contributed by atoms with E-state index in [1.54, 1.807) is 0 Å². The van der Waals surface area contributed by atoms with Crippen LogP contribution in [0, 0.1) is 5.41 Å². The molecule has 0 aromatic heterocycles. The summed E-state index contributed by atoms with van der Waals surface area (Å²) in [4.78, 5) is 10.5. The fraction of sp³-hybridized carbons (Fsp3) is 0.857. The van der Waals surface area contributed by atoms with Crippen molar-refractivity contribution in [2.24, 2.45) is 11.1 Å². The fourth-order valence-electron chi connectivity index (χ4n) is 1.97. The minimum atomic E-state index is -0.865. The highest BCUT2D eigenvalue weighted by molar-refractivity contribution is 5.85. The van der Waals surface area contributed by atoms with E-state index < -0.39 is 11.5 Å². The number of hydrogen-bond donors (Lipinski definition) is 2. The molecule has 0 aromatic rings. The van der Waals surface area contributed by atoms with Crippen molar-refractivity contribution >= 4 is 18.4 Å². The van der Waals surface area contributed by atoms with Crippen molar-refractivity contribution in [2.75, 3.05) is 0 Å². The van der Waals surface area contributed by atoms with Crippen LogP contribution in [-0.2, 0) is 4.79 Å². The van der Waals surface area contributed by atoms with Gasteiger partial charge in [0.25, 0.3) is 0 Å². The Kier molecular flexibility index (Phi) is 1.69. The average Bonchev–Trinajstić information content (AvgIpc) is 2.44. The number of aliphatic carboxylic acids is 1. The molecule has 4 heteroatoms. The number of hydrogen-bond acceptors (Lipinski definition) is 2. The van der Waals surface area contributed by atoms with Crippen LogP contribution in [0.25, 0.3) is 0 Å². The van der Waals surface area contributed by atoms with Gasteiger partial charge in [0.05, 0.1) is 0 Å². The summed E-state index contributed by atoms with van der Waals surface area (Å²) < 4.78 is 0. The lowest BCUT2D eigenvalue weighted by atomic mass is 9.66. The average molecular weight is 178 g/mol. The highest BCUT2D eigenvalue weighted by Crippen LogP contribution is 2.64. The highest BCUT2D eigenvalue weighted by Gasteiger charge is 2.62. The number of carboxylic acids is 1. The molecule has 0 unspecified atom stereocenters. The van der Waals surface area contributed by atoms with Gasteiger partial charge in [0.2, 0.25) is 0 Å². The SMILES string of the molecule is Cl.NC1(C(=O)O)CC2(CC2)C1. The zero-order valence-electron chi connectivity index (χ0n) is 6.17. The standard InChI is InChI=1S/C7H11NO2.ClH/c8-7(5(9)10)3-6(4-7)1-2-6;/h1-4,8H2,(H,9,10);1H. The predicted molar refractivity (Wildman–Crippen MR) is 42.7 cm³/mol. The molecule has 2 rings (SSSR count). The lowest BCUT2D eigenvalue weighted by molar-refractivity contribution is -0.149. The molecule has 2 aliphatic rings. The van der Waals surface area contributed by atoms with Crippen LogP contribution in [-0.4, -0.2) is 16.6 Å². The van der Waals surface area contributed by atoms with Gasteiger partial charge >= 0.3 is 5.97 Å². The van der Waals surface area contributed by atoms with Crippen molar-refractivity contribution in [3.63, 3.8) is 0 Å². The zero-order chi connectivity index (χ0) is 7.41. The van der Waals surface area contributed by atoms with Crippen LogP contribution >= 0.6 is 12.4 Å². The van der Waals surface area contributed by atoms with Gasteiger partial charge in [-0.1, -0.05) is 0 Å². The van der Waals surface area contributed by atoms with Gasteiger partial charge in [0, 0.05) is 0 Å². The number of carboxylic acid groups (broad SMARTS) is 1. The smallest absolute Gasteiger partial charge is 0.323 e. The molecule has 0 aliphatic heterocycles. The van der Waals surface area contributed by atoms with Gasteiger partial charge in [-0.3, -0.25) is 4.79 Å². The Balaban J connectivity index is 0.000000605. The second-order valence-electron chi connectivity index (χ2n) is 3.81. The first-order valence-electron chi connectivity index (χ1n) is 3.59. The Morgan fingerprint density at radius 2 is 1.82 bits per heavy atom. The first-order chi connectivity index (χ1) is 4.56. The molecular weight excluding hydrogens is 166 g/mol. The highest BCUT2D eigenvalue weighted by atomic mass is 35.5. The molecule has 0 heterocycles. The van der Waals surface area contributed by atoms with Gasteiger partial charge in [-0.2, -0.15) is 0 Å². The van der Waals surface area contributed by atoms with Crippen LogP contribution in [0.1, 0.15) is 25.7 Å². The minimum Gasteiger partial charge on any atom is -0.480 e. The van der Waals surface area contributed by atoms with E-state index in [9.17, 15) is 4.79 Å². The third-order valence-corrected chi connectivity index (χ3v) is 2.76. The maximum absolute atomic E-state index is 10.5. The Morgan fingerprint density at radius 3 is 2.09 bits per heavy atom. The van der Waals surface area contributed by atoms with Gasteiger partial charge in [-0.25, -0.2) is 0 Å². The Hall–Kier alpha value is -0.280. The van der Waals surface area contributed by atoms with Crippen molar-refractivity contribution < 1.29 is 9.90 Å². The van der Waals surface area contributed by atoms with Crippen molar-refractivity contribution in [2.45, 2.75) is 31.2 Å². The maximum atomic E-state index is 10.5. The molecule has 0 atom stereocenters. The second-order valence-corrected chi connectivity index (χ2v) is 3.81. The van der Waals surface area contributed by atoms with Gasteiger partial charge in [0.15, 0.2) is 0 Å². The van der Waals surface area contributed by atoms with Crippen molar-refractivity contribution in [3.8, 4) is 0 Å². The molecule has 3 N–H and O–H groups in total. The molecule has 0 radical (unpaired) electrons. The molecule has 0 bridgehead atoms. The molecule has 64 valence electrons. The molecule has 0 amide bonds. The summed E-state index contributed by atoms with van der Waals surface area (Å²) in [5.41, 5.74) is 5.08. The van der Waals surface area contributed by atoms with Crippen LogP contribution in [0.3, 0.4) is 0 Å². The molecule has 11 heavy (non-hydrogen) atoms. The van der Waals surface area contributed by atoms with E-state index in [0.29, 0.717) is 18.3 Å². The summed E-state index contributed by atoms with van der Waals surface area (Å²) in [6.45, 7) is 0. The number of nitrogens with two attached hydrogens (primary N) is 1. The van der Waals surface area contributed by atoms with Crippen molar-refractivity contribution in [1.29, 1.82) is 0 Å². The van der Waals surface area contributed by atoms with Crippen LogP contribution in [0.5, 0.6) is 0 Å². The largest absolute Gasteiger partial charge is 0.480 e. The molecule has 0 aromatic carbocycles. The van der Waals surface area contributed by atoms with Gasteiger partial charge in [-0.15, -0.1) is 12.4 Å². The summed E-state index contributed by atoms with van der Waals surface area (Å²) in [6, 6.07) is 0. The molecule has 2 fully saturated rings. The third-order valence-electron chi connectivity index (χ3n) is 2.76. The van der Waals surface area contributed by atoms with Gasteiger partial charge in [-0.05, 0) is 31.1 Å². The lowest BCUT2D eigenvalue weighted by Gasteiger charge is -2.42. The molecule has 1 spiro atoms. The maximum Gasteiger partial charge on any atom is 0.323 e. The van der Waals surface area contributed by atoms with Crippen LogP contribution in [0.15, 0.2) is 0 Å².